The Labute approximate surface area is 110 Å². The number of anilines is 2. The summed E-state index contributed by atoms with van der Waals surface area (Å²) in [6.07, 6.45) is 3.47. The number of hydrogen-bond donors (Lipinski definition) is 3. The van der Waals surface area contributed by atoms with E-state index in [1.165, 1.54) is 0 Å². The van der Waals surface area contributed by atoms with Crippen LogP contribution in [0, 0.1) is 6.92 Å². The Bertz CT molecular complexity index is 703. The number of hydrogen-bond acceptors (Lipinski definition) is 4. The molecule has 0 saturated carbocycles. The Morgan fingerprint density at radius 1 is 1.32 bits per heavy atom. The first-order valence-electron chi connectivity index (χ1n) is 6.10. The van der Waals surface area contributed by atoms with Crippen LogP contribution in [0.15, 0.2) is 36.8 Å². The van der Waals surface area contributed by atoms with E-state index in [9.17, 15) is 0 Å². The van der Waals surface area contributed by atoms with Gasteiger partial charge in [-0.2, -0.15) is 0 Å². The largest absolute Gasteiger partial charge is 0.399 e. The summed E-state index contributed by atoms with van der Waals surface area (Å²) < 4.78 is 0. The maximum atomic E-state index is 5.85. The van der Waals surface area contributed by atoms with E-state index in [0.717, 1.165) is 33.7 Å². The number of pyridine rings is 1. The van der Waals surface area contributed by atoms with Gasteiger partial charge >= 0.3 is 0 Å². The number of nitrogens with one attached hydrogen (secondary N) is 2. The summed E-state index contributed by atoms with van der Waals surface area (Å²) in [4.78, 5) is 11.6. The van der Waals surface area contributed by atoms with Crippen LogP contribution in [0.1, 0.15) is 11.4 Å². The van der Waals surface area contributed by atoms with Gasteiger partial charge in [-0.3, -0.25) is 4.98 Å². The number of aromatic amines is 1. The second kappa shape index (κ2) is 4.61. The van der Waals surface area contributed by atoms with Gasteiger partial charge in [0.2, 0.25) is 0 Å². The van der Waals surface area contributed by atoms with E-state index in [1.807, 2.05) is 31.2 Å². The summed E-state index contributed by atoms with van der Waals surface area (Å²) in [5, 5.41) is 4.42. The van der Waals surface area contributed by atoms with Crippen LogP contribution >= 0.6 is 0 Å². The predicted octanol–water partition coefficient (Wildman–Crippen LogP) is 2.46. The molecule has 5 heteroatoms. The van der Waals surface area contributed by atoms with Crippen LogP contribution in [0.2, 0.25) is 0 Å². The first-order chi connectivity index (χ1) is 9.22. The number of nitrogens with two attached hydrogens (primary N) is 1. The molecule has 3 aromatic rings. The SMILES string of the molecule is Cc1cc(NCc2cnc[nH]2)c2cc(N)ccc2n1. The summed E-state index contributed by atoms with van der Waals surface area (Å²) >= 11 is 0. The van der Waals surface area contributed by atoms with Gasteiger partial charge in [-0.1, -0.05) is 0 Å². The third kappa shape index (κ3) is 2.35. The van der Waals surface area contributed by atoms with Gasteiger partial charge in [-0.25, -0.2) is 4.98 Å². The van der Waals surface area contributed by atoms with Crippen molar-refractivity contribution >= 4 is 22.3 Å². The maximum Gasteiger partial charge on any atom is 0.0922 e. The summed E-state index contributed by atoms with van der Waals surface area (Å²) in [6.45, 7) is 2.67. The standard InChI is InChI=1S/C14H15N5/c1-9-4-14(17-7-11-6-16-8-18-11)12-5-10(15)2-3-13(12)19-9/h2-6,8H,7,15H2,1H3,(H,16,18)(H,17,19). The molecule has 4 N–H and O–H groups in total. The fourth-order valence-corrected chi connectivity index (χ4v) is 2.09. The third-order valence-corrected chi connectivity index (χ3v) is 2.98. The number of rotatable bonds is 3. The van der Waals surface area contributed by atoms with Crippen molar-refractivity contribution < 1.29 is 0 Å². The van der Waals surface area contributed by atoms with Crippen molar-refractivity contribution in [1.82, 2.24) is 15.0 Å². The first kappa shape index (κ1) is 11.5. The van der Waals surface area contributed by atoms with Gasteiger partial charge < -0.3 is 16.0 Å². The van der Waals surface area contributed by atoms with E-state index in [1.54, 1.807) is 12.5 Å². The molecule has 5 nitrogen and oxygen atoms in total. The minimum Gasteiger partial charge on any atom is -0.399 e. The monoisotopic (exact) mass is 253 g/mol. The Hall–Kier alpha value is -2.56. The number of H-pyrrole nitrogens is 1. The molecule has 0 fully saturated rings. The zero-order valence-corrected chi connectivity index (χ0v) is 10.6. The van der Waals surface area contributed by atoms with Crippen molar-refractivity contribution in [2.75, 3.05) is 11.1 Å². The Morgan fingerprint density at radius 2 is 2.21 bits per heavy atom. The number of nitrogen functional groups attached to an aromatic ring is 1. The molecular weight excluding hydrogens is 238 g/mol. The van der Waals surface area contributed by atoms with Crippen LogP contribution in [-0.4, -0.2) is 15.0 Å². The van der Waals surface area contributed by atoms with Crippen LogP contribution in [0.5, 0.6) is 0 Å². The van der Waals surface area contributed by atoms with Crippen molar-refractivity contribution in [2.45, 2.75) is 13.5 Å². The highest BCUT2D eigenvalue weighted by atomic mass is 14.9. The lowest BCUT2D eigenvalue weighted by molar-refractivity contribution is 1.07. The third-order valence-electron chi connectivity index (χ3n) is 2.98. The second-order valence-electron chi connectivity index (χ2n) is 4.52. The van der Waals surface area contributed by atoms with E-state index >= 15 is 0 Å². The summed E-state index contributed by atoms with van der Waals surface area (Å²) in [5.74, 6) is 0. The van der Waals surface area contributed by atoms with Gasteiger partial charge in [0, 0.05) is 28.7 Å². The van der Waals surface area contributed by atoms with E-state index in [0.29, 0.717) is 6.54 Å². The molecule has 0 unspecified atom stereocenters. The van der Waals surface area contributed by atoms with Crippen molar-refractivity contribution in [3.63, 3.8) is 0 Å². The summed E-state index contributed by atoms with van der Waals surface area (Å²) in [6, 6.07) is 7.78. The minimum absolute atomic E-state index is 0.688. The Morgan fingerprint density at radius 3 is 3.00 bits per heavy atom. The predicted molar refractivity (Wildman–Crippen MR) is 76.8 cm³/mol. The van der Waals surface area contributed by atoms with E-state index < -0.39 is 0 Å². The Kier molecular flexibility index (Phi) is 2.79. The van der Waals surface area contributed by atoms with Crippen LogP contribution in [0.3, 0.4) is 0 Å². The lowest BCUT2D eigenvalue weighted by Gasteiger charge is -2.10. The second-order valence-corrected chi connectivity index (χ2v) is 4.52. The van der Waals surface area contributed by atoms with Gasteiger partial charge in [-0.15, -0.1) is 0 Å². The highest BCUT2D eigenvalue weighted by Gasteiger charge is 2.05. The van der Waals surface area contributed by atoms with Gasteiger partial charge in [-0.05, 0) is 31.2 Å². The Balaban J connectivity index is 1.99. The number of aromatic nitrogens is 3. The summed E-state index contributed by atoms with van der Waals surface area (Å²) in [5.41, 5.74) is 10.6. The van der Waals surface area contributed by atoms with Gasteiger partial charge in [0.25, 0.3) is 0 Å². The molecule has 0 aliphatic rings. The normalized spacial score (nSPS) is 10.8. The molecule has 3 rings (SSSR count). The smallest absolute Gasteiger partial charge is 0.0922 e. The van der Waals surface area contributed by atoms with Crippen LogP contribution in [0.25, 0.3) is 10.9 Å². The molecule has 0 bridgehead atoms. The molecule has 0 atom stereocenters. The molecule has 0 saturated heterocycles. The molecule has 19 heavy (non-hydrogen) atoms. The number of aryl methyl sites for hydroxylation is 1. The van der Waals surface area contributed by atoms with Gasteiger partial charge in [0.1, 0.15) is 0 Å². The molecule has 2 heterocycles. The number of nitrogens with zero attached hydrogens (tertiary/aromatic N) is 2. The van der Waals surface area contributed by atoms with E-state index in [-0.39, 0.29) is 0 Å². The quantitative estimate of drug-likeness (QED) is 0.626. The zero-order valence-electron chi connectivity index (χ0n) is 10.6. The lowest BCUT2D eigenvalue weighted by Crippen LogP contribution is -2.02. The molecule has 0 radical (unpaired) electrons. The first-order valence-corrected chi connectivity index (χ1v) is 6.10. The van der Waals surface area contributed by atoms with Crippen molar-refractivity contribution in [3.8, 4) is 0 Å². The molecule has 0 spiro atoms. The maximum absolute atomic E-state index is 5.85. The molecule has 0 aliphatic heterocycles. The lowest BCUT2D eigenvalue weighted by atomic mass is 10.1. The molecule has 0 amide bonds. The fourth-order valence-electron chi connectivity index (χ4n) is 2.09. The molecule has 1 aromatic carbocycles. The van der Waals surface area contributed by atoms with Crippen molar-refractivity contribution in [2.24, 2.45) is 0 Å². The van der Waals surface area contributed by atoms with E-state index in [4.69, 9.17) is 5.73 Å². The van der Waals surface area contributed by atoms with Crippen LogP contribution in [-0.2, 0) is 6.54 Å². The molecule has 0 aliphatic carbocycles. The topological polar surface area (TPSA) is 79.6 Å². The number of fused-ring (bicyclic) bond motifs is 1. The van der Waals surface area contributed by atoms with Gasteiger partial charge in [0.15, 0.2) is 0 Å². The highest BCUT2D eigenvalue weighted by molar-refractivity contribution is 5.93. The van der Waals surface area contributed by atoms with Gasteiger partial charge in [0.05, 0.1) is 24.1 Å². The van der Waals surface area contributed by atoms with E-state index in [2.05, 4.69) is 20.3 Å². The van der Waals surface area contributed by atoms with Crippen LogP contribution in [0.4, 0.5) is 11.4 Å². The van der Waals surface area contributed by atoms with Crippen molar-refractivity contribution in [3.05, 3.63) is 48.2 Å². The number of imidazole rings is 1. The number of benzene rings is 1. The molecule has 96 valence electrons. The fraction of sp³-hybridized carbons (Fsp3) is 0.143. The highest BCUT2D eigenvalue weighted by Crippen LogP contribution is 2.25. The van der Waals surface area contributed by atoms with Crippen LogP contribution < -0.4 is 11.1 Å². The average molecular weight is 253 g/mol. The minimum atomic E-state index is 0.688. The average Bonchev–Trinajstić information content (AvgIpc) is 2.89. The summed E-state index contributed by atoms with van der Waals surface area (Å²) in [7, 11) is 0. The zero-order chi connectivity index (χ0) is 13.2. The molecular formula is C14H15N5. The molecule has 2 aromatic heterocycles. The van der Waals surface area contributed by atoms with Crippen molar-refractivity contribution in [1.29, 1.82) is 0 Å².